The first-order chi connectivity index (χ1) is 9.92. The first-order valence-corrected chi connectivity index (χ1v) is 7.25. The van der Waals surface area contributed by atoms with Crippen molar-refractivity contribution in [2.75, 3.05) is 20.2 Å². The number of aryl methyl sites for hydroxylation is 1. The lowest BCUT2D eigenvalue weighted by molar-refractivity contribution is 0.0100. The van der Waals surface area contributed by atoms with Gasteiger partial charge in [-0.05, 0) is 29.3 Å². The molecule has 2 rings (SSSR count). The lowest BCUT2D eigenvalue weighted by Crippen LogP contribution is -2.55. The highest BCUT2D eigenvalue weighted by molar-refractivity contribution is 9.10. The molecule has 116 valence electrons. The van der Waals surface area contributed by atoms with Crippen LogP contribution in [0.5, 0.6) is 0 Å². The molecular formula is C12H17BrN4O4. The second-order valence-corrected chi connectivity index (χ2v) is 5.62. The van der Waals surface area contributed by atoms with Gasteiger partial charge in [0.15, 0.2) is 5.82 Å². The molecule has 1 aliphatic rings. The fraction of sp³-hybridized carbons (Fsp3) is 0.583. The number of carbonyl (C=O) groups is 2. The Morgan fingerprint density at radius 3 is 2.81 bits per heavy atom. The molecule has 2 heterocycles. The average Bonchev–Trinajstić information content (AvgIpc) is 2.79. The molecule has 0 saturated carbocycles. The topological polar surface area (TPSA) is 108 Å². The molecule has 2 amide bonds. The molecule has 1 aliphatic heterocycles. The molecule has 0 aromatic carbocycles. The van der Waals surface area contributed by atoms with Crippen LogP contribution in [-0.2, 0) is 4.74 Å². The number of nitrogens with one attached hydrogen (secondary N) is 2. The van der Waals surface area contributed by atoms with Crippen LogP contribution in [-0.4, -0.2) is 64.3 Å². The fourth-order valence-electron chi connectivity index (χ4n) is 2.28. The molecule has 0 radical (unpaired) electrons. The van der Waals surface area contributed by atoms with Crippen molar-refractivity contribution < 1.29 is 19.4 Å². The smallest absolute Gasteiger partial charge is 0.407 e. The molecule has 1 fully saturated rings. The monoisotopic (exact) mass is 360 g/mol. The Balaban J connectivity index is 2.01. The molecular weight excluding hydrogens is 344 g/mol. The lowest BCUT2D eigenvalue weighted by atomic mass is 10.0. The molecule has 21 heavy (non-hydrogen) atoms. The summed E-state index contributed by atoms with van der Waals surface area (Å²) in [6.45, 7) is 2.40. The summed E-state index contributed by atoms with van der Waals surface area (Å²) < 4.78 is 5.88. The van der Waals surface area contributed by atoms with Crippen molar-refractivity contribution in [1.29, 1.82) is 0 Å². The van der Waals surface area contributed by atoms with E-state index in [4.69, 9.17) is 9.84 Å². The minimum Gasteiger partial charge on any atom is -0.465 e. The van der Waals surface area contributed by atoms with Crippen LogP contribution in [0.25, 0.3) is 0 Å². The molecule has 1 saturated heterocycles. The number of rotatable bonds is 3. The minimum absolute atomic E-state index is 0.217. The number of H-pyrrole nitrogens is 1. The fourth-order valence-corrected chi connectivity index (χ4v) is 2.55. The maximum Gasteiger partial charge on any atom is 0.407 e. The van der Waals surface area contributed by atoms with Gasteiger partial charge in [0.25, 0.3) is 5.91 Å². The highest BCUT2D eigenvalue weighted by atomic mass is 79.9. The zero-order chi connectivity index (χ0) is 15.6. The summed E-state index contributed by atoms with van der Waals surface area (Å²) in [7, 11) is 1.50. The molecule has 0 bridgehead atoms. The molecule has 2 atom stereocenters. The molecule has 1 aromatic rings. The normalized spacial score (nSPS) is 22.1. The van der Waals surface area contributed by atoms with Crippen molar-refractivity contribution in [3.8, 4) is 0 Å². The van der Waals surface area contributed by atoms with Crippen LogP contribution in [0.1, 0.15) is 22.7 Å². The van der Waals surface area contributed by atoms with Crippen molar-refractivity contribution in [3.63, 3.8) is 0 Å². The van der Waals surface area contributed by atoms with Crippen molar-refractivity contribution in [3.05, 3.63) is 16.1 Å². The van der Waals surface area contributed by atoms with Crippen molar-refractivity contribution in [2.24, 2.45) is 0 Å². The van der Waals surface area contributed by atoms with Gasteiger partial charge in [-0.3, -0.25) is 4.79 Å². The highest BCUT2D eigenvalue weighted by Crippen LogP contribution is 2.16. The summed E-state index contributed by atoms with van der Waals surface area (Å²) in [6.07, 6.45) is -0.858. The maximum absolute atomic E-state index is 12.1. The maximum atomic E-state index is 12.1. The van der Waals surface area contributed by atoms with Gasteiger partial charge < -0.3 is 25.0 Å². The predicted octanol–water partition coefficient (Wildman–Crippen LogP) is 0.978. The zero-order valence-electron chi connectivity index (χ0n) is 11.7. The number of ether oxygens (including phenoxy) is 1. The number of nitrogens with zero attached hydrogens (tertiary/aromatic N) is 2. The van der Waals surface area contributed by atoms with Crippen LogP contribution in [0, 0.1) is 6.92 Å². The largest absolute Gasteiger partial charge is 0.465 e. The third kappa shape index (κ3) is 3.53. The molecule has 0 aliphatic carbocycles. The van der Waals surface area contributed by atoms with E-state index in [-0.39, 0.29) is 30.4 Å². The van der Waals surface area contributed by atoms with Crippen molar-refractivity contribution in [1.82, 2.24) is 20.2 Å². The number of likely N-dealkylation sites (tertiary alicyclic amines) is 1. The van der Waals surface area contributed by atoms with E-state index in [1.807, 2.05) is 0 Å². The van der Waals surface area contributed by atoms with Crippen LogP contribution in [0.2, 0.25) is 0 Å². The van der Waals surface area contributed by atoms with E-state index < -0.39 is 6.09 Å². The van der Waals surface area contributed by atoms with Gasteiger partial charge in [-0.1, -0.05) is 0 Å². The van der Waals surface area contributed by atoms with Gasteiger partial charge in [-0.15, -0.1) is 0 Å². The van der Waals surface area contributed by atoms with E-state index in [1.54, 1.807) is 6.92 Å². The Labute approximate surface area is 130 Å². The summed E-state index contributed by atoms with van der Waals surface area (Å²) in [5.74, 6) is -0.116. The van der Waals surface area contributed by atoms with Crippen LogP contribution in [0.4, 0.5) is 4.79 Å². The van der Waals surface area contributed by atoms with Crippen LogP contribution in [0.15, 0.2) is 4.60 Å². The number of piperidine rings is 1. The minimum atomic E-state index is -0.979. The number of carboxylic acid groups (broad SMARTS) is 1. The number of methoxy groups -OCH3 is 1. The number of hydrogen-bond acceptors (Lipinski definition) is 4. The Bertz CT molecular complexity index is 528. The number of amides is 2. The molecule has 3 N–H and O–H groups in total. The van der Waals surface area contributed by atoms with Gasteiger partial charge in [0, 0.05) is 19.3 Å². The van der Waals surface area contributed by atoms with Crippen LogP contribution < -0.4 is 5.32 Å². The third-order valence-corrected chi connectivity index (χ3v) is 4.26. The first-order valence-electron chi connectivity index (χ1n) is 6.46. The predicted molar refractivity (Wildman–Crippen MR) is 77.3 cm³/mol. The molecule has 8 nitrogen and oxygen atoms in total. The molecule has 1 aromatic heterocycles. The highest BCUT2D eigenvalue weighted by Gasteiger charge is 2.33. The standard InChI is InChI=1S/C12H17BrN4O4/c1-6-9(13)16-10(14-6)11(18)15-7-3-4-17(12(19)20)5-8(7)21-2/h7-8H,3-5H2,1-2H3,(H,14,16)(H,15,18)(H,19,20)/t7-,8+/m0/s1. The van der Waals surface area contributed by atoms with E-state index in [0.717, 1.165) is 5.69 Å². The Kier molecular flexibility index (Phi) is 4.84. The van der Waals surface area contributed by atoms with Crippen molar-refractivity contribution >= 4 is 27.9 Å². The zero-order valence-corrected chi connectivity index (χ0v) is 13.3. The SMILES string of the molecule is CO[C@@H]1CN(C(=O)O)CC[C@@H]1NC(=O)c1nc(Br)c(C)[nH]1. The summed E-state index contributed by atoms with van der Waals surface area (Å²) in [5.41, 5.74) is 0.768. The number of imidazole rings is 1. The van der Waals surface area contributed by atoms with E-state index in [0.29, 0.717) is 17.6 Å². The lowest BCUT2D eigenvalue weighted by Gasteiger charge is -2.36. The second kappa shape index (κ2) is 6.44. The summed E-state index contributed by atoms with van der Waals surface area (Å²) >= 11 is 3.24. The van der Waals surface area contributed by atoms with Crippen molar-refractivity contribution in [2.45, 2.75) is 25.5 Å². The molecule has 0 spiro atoms. The molecule has 0 unspecified atom stereocenters. The third-order valence-electron chi connectivity index (χ3n) is 3.49. The number of halogens is 1. The number of aromatic nitrogens is 2. The average molecular weight is 361 g/mol. The van der Waals surface area contributed by atoms with Gasteiger partial charge in [0.2, 0.25) is 0 Å². The Morgan fingerprint density at radius 2 is 2.29 bits per heavy atom. The van der Waals surface area contributed by atoms with Crippen LogP contribution in [0.3, 0.4) is 0 Å². The van der Waals surface area contributed by atoms with Gasteiger partial charge in [-0.2, -0.15) is 0 Å². The van der Waals surface area contributed by atoms with Crippen LogP contribution >= 0.6 is 15.9 Å². The first kappa shape index (κ1) is 15.8. The summed E-state index contributed by atoms with van der Waals surface area (Å²) in [6, 6.07) is -0.248. The van der Waals surface area contributed by atoms with Gasteiger partial charge in [0.1, 0.15) is 4.60 Å². The van der Waals surface area contributed by atoms with E-state index in [9.17, 15) is 9.59 Å². The van der Waals surface area contributed by atoms with E-state index in [1.165, 1.54) is 12.0 Å². The summed E-state index contributed by atoms with van der Waals surface area (Å²) in [4.78, 5) is 31.3. The van der Waals surface area contributed by atoms with E-state index in [2.05, 4.69) is 31.2 Å². The second-order valence-electron chi connectivity index (χ2n) is 4.87. The quantitative estimate of drug-likeness (QED) is 0.744. The van der Waals surface area contributed by atoms with E-state index >= 15 is 0 Å². The number of hydrogen-bond donors (Lipinski definition) is 3. The number of carbonyl (C=O) groups excluding carboxylic acids is 1. The Hall–Kier alpha value is -1.61. The molecule has 9 heteroatoms. The van der Waals surface area contributed by atoms with Gasteiger partial charge in [-0.25, -0.2) is 9.78 Å². The van der Waals surface area contributed by atoms with Gasteiger partial charge >= 0.3 is 6.09 Å². The Morgan fingerprint density at radius 1 is 1.57 bits per heavy atom. The summed E-state index contributed by atoms with van der Waals surface area (Å²) in [5, 5.41) is 11.8. The number of aromatic amines is 1. The van der Waals surface area contributed by atoms with Gasteiger partial charge in [0.05, 0.1) is 18.7 Å².